The third-order valence-corrected chi connectivity index (χ3v) is 2.88. The molecule has 0 spiro atoms. The normalized spacial score (nSPS) is 10.1. The quantitative estimate of drug-likeness (QED) is 0.627. The van der Waals surface area contributed by atoms with Crippen LogP contribution in [-0.4, -0.2) is 16.7 Å². The summed E-state index contributed by atoms with van der Waals surface area (Å²) in [5.41, 5.74) is 0.982. The molecule has 0 radical (unpaired) electrons. The van der Waals surface area contributed by atoms with Crippen molar-refractivity contribution in [2.75, 3.05) is 10.6 Å². The van der Waals surface area contributed by atoms with Gasteiger partial charge in [-0.3, -0.25) is 19.7 Å². The minimum absolute atomic E-state index is 0.113. The summed E-state index contributed by atoms with van der Waals surface area (Å²) < 4.78 is 4.82. The Morgan fingerprint density at radius 3 is 2.48 bits per heavy atom. The molecule has 0 aliphatic heterocycles. The van der Waals surface area contributed by atoms with Crippen LogP contribution in [0.3, 0.4) is 0 Å². The summed E-state index contributed by atoms with van der Waals surface area (Å²) >= 11 is 0. The second-order valence-electron chi connectivity index (χ2n) is 4.73. The van der Waals surface area contributed by atoms with Crippen LogP contribution >= 0.6 is 0 Å². The number of nitro groups is 1. The molecule has 0 bridgehead atoms. The molecule has 0 aliphatic rings. The third-order valence-electron chi connectivity index (χ3n) is 2.88. The van der Waals surface area contributed by atoms with Gasteiger partial charge >= 0.3 is 5.88 Å². The van der Waals surface area contributed by atoms with E-state index in [1.54, 1.807) is 24.3 Å². The lowest BCUT2D eigenvalue weighted by Gasteiger charge is -2.07. The number of hydrogen-bond donors (Lipinski definition) is 2. The van der Waals surface area contributed by atoms with E-state index in [-0.39, 0.29) is 11.7 Å². The van der Waals surface area contributed by atoms with Crippen LogP contribution in [0, 0.1) is 10.1 Å². The van der Waals surface area contributed by atoms with Crippen molar-refractivity contribution in [1.82, 2.24) is 0 Å². The molecular weight excluding hydrogens is 302 g/mol. The number of benzene rings is 1. The standard InChI is InChI=1S/C15H15N3O5/c1-2-4-13(19)16-10-5-3-6-11(9-10)17-15(20)12-7-8-14(23-12)18(21)22/h3,5-9H,2,4H2,1H3,(H,16,19)(H,17,20). The van der Waals surface area contributed by atoms with Crippen LogP contribution in [0.1, 0.15) is 30.3 Å². The maximum Gasteiger partial charge on any atom is 0.433 e. The van der Waals surface area contributed by atoms with Gasteiger partial charge in [-0.2, -0.15) is 0 Å². The number of carbonyl (C=O) groups is 2. The number of rotatable bonds is 6. The van der Waals surface area contributed by atoms with Crippen molar-refractivity contribution in [3.8, 4) is 0 Å². The molecular formula is C15H15N3O5. The molecule has 1 heterocycles. The van der Waals surface area contributed by atoms with Crippen molar-refractivity contribution >= 4 is 29.1 Å². The van der Waals surface area contributed by atoms with Crippen LogP contribution in [0.4, 0.5) is 17.3 Å². The van der Waals surface area contributed by atoms with Crippen molar-refractivity contribution in [1.29, 1.82) is 0 Å². The maximum absolute atomic E-state index is 12.0. The van der Waals surface area contributed by atoms with Crippen LogP contribution in [0.25, 0.3) is 0 Å². The predicted molar refractivity (Wildman–Crippen MR) is 83.3 cm³/mol. The SMILES string of the molecule is CCCC(=O)Nc1cccc(NC(=O)c2ccc([N+](=O)[O-])o2)c1. The first kappa shape index (κ1) is 16.2. The second-order valence-corrected chi connectivity index (χ2v) is 4.73. The Labute approximate surface area is 131 Å². The summed E-state index contributed by atoms with van der Waals surface area (Å²) in [6.07, 6.45) is 1.15. The molecule has 8 nitrogen and oxygen atoms in total. The monoisotopic (exact) mass is 317 g/mol. The van der Waals surface area contributed by atoms with Crippen molar-refractivity contribution in [3.63, 3.8) is 0 Å². The fourth-order valence-corrected chi connectivity index (χ4v) is 1.87. The highest BCUT2D eigenvalue weighted by Crippen LogP contribution is 2.19. The number of nitrogens with zero attached hydrogens (tertiary/aromatic N) is 1. The fraction of sp³-hybridized carbons (Fsp3) is 0.200. The zero-order chi connectivity index (χ0) is 16.8. The smallest absolute Gasteiger partial charge is 0.395 e. The molecule has 2 rings (SSSR count). The lowest BCUT2D eigenvalue weighted by atomic mass is 10.2. The van der Waals surface area contributed by atoms with Gasteiger partial charge in [-0.1, -0.05) is 13.0 Å². The Kier molecular flexibility index (Phi) is 5.08. The van der Waals surface area contributed by atoms with E-state index in [2.05, 4.69) is 10.6 Å². The number of nitrogens with one attached hydrogen (secondary N) is 2. The van der Waals surface area contributed by atoms with E-state index < -0.39 is 16.7 Å². The molecule has 1 aromatic heterocycles. The minimum Gasteiger partial charge on any atom is -0.395 e. The molecule has 0 fully saturated rings. The lowest BCUT2D eigenvalue weighted by Crippen LogP contribution is -2.13. The Morgan fingerprint density at radius 2 is 1.87 bits per heavy atom. The highest BCUT2D eigenvalue weighted by atomic mass is 16.6. The summed E-state index contributed by atoms with van der Waals surface area (Å²) in [7, 11) is 0. The van der Waals surface area contributed by atoms with Gasteiger partial charge < -0.3 is 15.1 Å². The Bertz CT molecular complexity index is 738. The first-order chi connectivity index (χ1) is 11.0. The zero-order valence-electron chi connectivity index (χ0n) is 12.4. The third kappa shape index (κ3) is 4.40. The van der Waals surface area contributed by atoms with E-state index in [9.17, 15) is 19.7 Å². The van der Waals surface area contributed by atoms with Crippen LogP contribution < -0.4 is 10.6 Å². The van der Waals surface area contributed by atoms with Gasteiger partial charge in [0.1, 0.15) is 4.92 Å². The minimum atomic E-state index is -0.722. The molecule has 2 N–H and O–H groups in total. The van der Waals surface area contributed by atoms with Crippen molar-refractivity contribution in [2.24, 2.45) is 0 Å². The van der Waals surface area contributed by atoms with Crippen molar-refractivity contribution < 1.29 is 18.9 Å². The Balaban J connectivity index is 2.05. The lowest BCUT2D eigenvalue weighted by molar-refractivity contribution is -0.402. The molecule has 8 heteroatoms. The average molecular weight is 317 g/mol. The van der Waals surface area contributed by atoms with Gasteiger partial charge in [0, 0.05) is 17.8 Å². The van der Waals surface area contributed by atoms with Crippen LogP contribution in [-0.2, 0) is 4.79 Å². The topological polar surface area (TPSA) is 114 Å². The molecule has 2 aromatic rings. The molecule has 23 heavy (non-hydrogen) atoms. The number of amides is 2. The molecule has 0 atom stereocenters. The Morgan fingerprint density at radius 1 is 1.17 bits per heavy atom. The second kappa shape index (κ2) is 7.21. The zero-order valence-corrected chi connectivity index (χ0v) is 12.4. The summed E-state index contributed by atoms with van der Waals surface area (Å²) in [6, 6.07) is 8.91. The number of hydrogen-bond acceptors (Lipinski definition) is 5. The van der Waals surface area contributed by atoms with Crippen LogP contribution in [0.2, 0.25) is 0 Å². The highest BCUT2D eigenvalue weighted by Gasteiger charge is 2.17. The Hall–Kier alpha value is -3.16. The average Bonchev–Trinajstić information content (AvgIpc) is 2.98. The van der Waals surface area contributed by atoms with Gasteiger partial charge in [0.15, 0.2) is 5.76 Å². The summed E-state index contributed by atoms with van der Waals surface area (Å²) in [4.78, 5) is 33.3. The van der Waals surface area contributed by atoms with E-state index in [1.165, 1.54) is 6.07 Å². The first-order valence-electron chi connectivity index (χ1n) is 6.95. The largest absolute Gasteiger partial charge is 0.433 e. The van der Waals surface area contributed by atoms with Gasteiger partial charge in [-0.05, 0) is 30.7 Å². The van der Waals surface area contributed by atoms with Crippen LogP contribution in [0.5, 0.6) is 0 Å². The maximum atomic E-state index is 12.0. The molecule has 0 aliphatic carbocycles. The molecule has 0 unspecified atom stereocenters. The van der Waals surface area contributed by atoms with E-state index in [1.807, 2.05) is 6.92 Å². The van der Waals surface area contributed by atoms with Crippen molar-refractivity contribution in [3.05, 3.63) is 52.3 Å². The molecule has 0 saturated carbocycles. The van der Waals surface area contributed by atoms with E-state index in [0.29, 0.717) is 17.8 Å². The number of furan rings is 1. The van der Waals surface area contributed by atoms with Gasteiger partial charge in [0.2, 0.25) is 5.91 Å². The van der Waals surface area contributed by atoms with E-state index in [4.69, 9.17) is 4.42 Å². The van der Waals surface area contributed by atoms with Gasteiger partial charge in [0.25, 0.3) is 5.91 Å². The number of anilines is 2. The fourth-order valence-electron chi connectivity index (χ4n) is 1.87. The molecule has 2 amide bonds. The molecule has 1 aromatic carbocycles. The van der Waals surface area contributed by atoms with Gasteiger partial charge in [0.05, 0.1) is 6.07 Å². The van der Waals surface area contributed by atoms with E-state index >= 15 is 0 Å². The van der Waals surface area contributed by atoms with E-state index in [0.717, 1.165) is 12.5 Å². The number of carbonyl (C=O) groups excluding carboxylic acids is 2. The van der Waals surface area contributed by atoms with Crippen molar-refractivity contribution in [2.45, 2.75) is 19.8 Å². The predicted octanol–water partition coefficient (Wildman–Crippen LogP) is 3.18. The van der Waals surface area contributed by atoms with Crippen LogP contribution in [0.15, 0.2) is 40.8 Å². The first-order valence-corrected chi connectivity index (χ1v) is 6.95. The summed E-state index contributed by atoms with van der Waals surface area (Å²) in [5.74, 6) is -1.40. The van der Waals surface area contributed by atoms with Gasteiger partial charge in [-0.25, -0.2) is 0 Å². The summed E-state index contributed by atoms with van der Waals surface area (Å²) in [5, 5.41) is 15.8. The van der Waals surface area contributed by atoms with Gasteiger partial charge in [-0.15, -0.1) is 0 Å². The molecule has 120 valence electrons. The molecule has 0 saturated heterocycles. The summed E-state index contributed by atoms with van der Waals surface area (Å²) in [6.45, 7) is 1.90. The highest BCUT2D eigenvalue weighted by molar-refractivity contribution is 6.03.